The van der Waals surface area contributed by atoms with E-state index in [0.717, 1.165) is 12.8 Å². The summed E-state index contributed by atoms with van der Waals surface area (Å²) in [7, 11) is 0. The van der Waals surface area contributed by atoms with E-state index in [9.17, 15) is 0 Å². The SMILES string of the molecule is NC1(COCCOCCO)CCCC1. The third-order valence-corrected chi connectivity index (χ3v) is 2.60. The lowest BCUT2D eigenvalue weighted by Crippen LogP contribution is -2.41. The van der Waals surface area contributed by atoms with Crippen LogP contribution in [-0.2, 0) is 9.47 Å². The van der Waals surface area contributed by atoms with Crippen LogP contribution in [0.25, 0.3) is 0 Å². The minimum atomic E-state index is -0.0863. The molecule has 0 bridgehead atoms. The quantitative estimate of drug-likeness (QED) is 0.583. The van der Waals surface area contributed by atoms with E-state index < -0.39 is 0 Å². The van der Waals surface area contributed by atoms with Crippen molar-refractivity contribution in [2.45, 2.75) is 31.2 Å². The molecule has 0 amide bonds. The van der Waals surface area contributed by atoms with Gasteiger partial charge in [-0.3, -0.25) is 0 Å². The number of aliphatic hydroxyl groups excluding tert-OH is 1. The molecule has 3 N–H and O–H groups in total. The van der Waals surface area contributed by atoms with Crippen molar-refractivity contribution in [3.05, 3.63) is 0 Å². The third kappa shape index (κ3) is 4.37. The molecular formula is C10H21NO3. The zero-order valence-electron chi connectivity index (χ0n) is 8.71. The molecule has 0 aromatic heterocycles. The number of ether oxygens (including phenoxy) is 2. The molecule has 0 radical (unpaired) electrons. The number of nitrogens with two attached hydrogens (primary N) is 1. The van der Waals surface area contributed by atoms with Gasteiger partial charge in [0.25, 0.3) is 0 Å². The Labute approximate surface area is 85.4 Å². The van der Waals surface area contributed by atoms with Gasteiger partial charge in [-0.25, -0.2) is 0 Å². The summed E-state index contributed by atoms with van der Waals surface area (Å²) < 4.78 is 10.5. The van der Waals surface area contributed by atoms with Crippen LogP contribution in [0.1, 0.15) is 25.7 Å². The van der Waals surface area contributed by atoms with Gasteiger partial charge >= 0.3 is 0 Å². The van der Waals surface area contributed by atoms with Gasteiger partial charge in [-0.2, -0.15) is 0 Å². The summed E-state index contributed by atoms with van der Waals surface area (Å²) in [6, 6.07) is 0. The van der Waals surface area contributed by atoms with Crippen molar-refractivity contribution in [3.8, 4) is 0 Å². The summed E-state index contributed by atoms with van der Waals surface area (Å²) in [5, 5.41) is 8.45. The van der Waals surface area contributed by atoms with Crippen LogP contribution < -0.4 is 5.73 Å². The van der Waals surface area contributed by atoms with Crippen molar-refractivity contribution < 1.29 is 14.6 Å². The summed E-state index contributed by atoms with van der Waals surface area (Å²) in [5.41, 5.74) is 6.01. The normalized spacial score (nSPS) is 20.1. The minimum absolute atomic E-state index is 0.0703. The summed E-state index contributed by atoms with van der Waals surface area (Å²) in [6.45, 7) is 2.20. The van der Waals surface area contributed by atoms with Gasteiger partial charge in [-0.1, -0.05) is 12.8 Å². The van der Waals surface area contributed by atoms with E-state index in [1.54, 1.807) is 0 Å². The molecule has 84 valence electrons. The largest absolute Gasteiger partial charge is 0.394 e. The lowest BCUT2D eigenvalue weighted by Gasteiger charge is -2.22. The van der Waals surface area contributed by atoms with Crippen LogP contribution in [0.15, 0.2) is 0 Å². The number of hydrogen-bond acceptors (Lipinski definition) is 4. The van der Waals surface area contributed by atoms with Crippen molar-refractivity contribution in [3.63, 3.8) is 0 Å². The molecule has 0 saturated heterocycles. The van der Waals surface area contributed by atoms with Crippen molar-refractivity contribution in [2.24, 2.45) is 5.73 Å². The molecule has 14 heavy (non-hydrogen) atoms. The van der Waals surface area contributed by atoms with E-state index in [-0.39, 0.29) is 12.1 Å². The first kappa shape index (κ1) is 11.9. The second-order valence-corrected chi connectivity index (χ2v) is 3.96. The fourth-order valence-corrected chi connectivity index (χ4v) is 1.78. The van der Waals surface area contributed by atoms with Crippen LogP contribution in [0.5, 0.6) is 0 Å². The van der Waals surface area contributed by atoms with Crippen LogP contribution in [0.4, 0.5) is 0 Å². The highest BCUT2D eigenvalue weighted by molar-refractivity contribution is 4.88. The van der Waals surface area contributed by atoms with Crippen molar-refractivity contribution in [1.82, 2.24) is 0 Å². The summed E-state index contributed by atoms with van der Waals surface area (Å²) >= 11 is 0. The highest BCUT2D eigenvalue weighted by Crippen LogP contribution is 2.27. The Balaban J connectivity index is 1.92. The van der Waals surface area contributed by atoms with Gasteiger partial charge in [0.1, 0.15) is 0 Å². The molecule has 0 aliphatic heterocycles. The second-order valence-electron chi connectivity index (χ2n) is 3.96. The summed E-state index contributed by atoms with van der Waals surface area (Å²) in [4.78, 5) is 0. The molecule has 0 heterocycles. The Kier molecular flexibility index (Phi) is 5.40. The maximum atomic E-state index is 8.45. The molecule has 1 aliphatic rings. The third-order valence-electron chi connectivity index (χ3n) is 2.60. The Morgan fingerprint density at radius 1 is 1.07 bits per heavy atom. The molecule has 4 heteroatoms. The van der Waals surface area contributed by atoms with Crippen molar-refractivity contribution in [1.29, 1.82) is 0 Å². The van der Waals surface area contributed by atoms with Crippen LogP contribution in [-0.4, -0.2) is 43.7 Å². The van der Waals surface area contributed by atoms with Gasteiger partial charge in [-0.05, 0) is 12.8 Å². The topological polar surface area (TPSA) is 64.7 Å². The first-order valence-electron chi connectivity index (χ1n) is 5.32. The van der Waals surface area contributed by atoms with E-state index in [1.807, 2.05) is 0 Å². The zero-order chi connectivity index (χ0) is 10.3. The maximum Gasteiger partial charge on any atom is 0.0701 e. The molecular weight excluding hydrogens is 182 g/mol. The van der Waals surface area contributed by atoms with Crippen molar-refractivity contribution in [2.75, 3.05) is 33.0 Å². The minimum Gasteiger partial charge on any atom is -0.394 e. The van der Waals surface area contributed by atoms with Gasteiger partial charge in [0.05, 0.1) is 33.0 Å². The average Bonchev–Trinajstić information content (AvgIpc) is 2.59. The Morgan fingerprint density at radius 2 is 1.71 bits per heavy atom. The van der Waals surface area contributed by atoms with E-state index in [2.05, 4.69) is 0 Å². The molecule has 1 saturated carbocycles. The maximum absolute atomic E-state index is 8.45. The van der Waals surface area contributed by atoms with Gasteiger partial charge in [0.2, 0.25) is 0 Å². The standard InChI is InChI=1S/C10H21NO3/c11-10(3-1-2-4-10)9-14-8-7-13-6-5-12/h12H,1-9,11H2. The number of rotatable bonds is 7. The van der Waals surface area contributed by atoms with Crippen molar-refractivity contribution >= 4 is 0 Å². The van der Waals surface area contributed by atoms with Crippen LogP contribution in [0, 0.1) is 0 Å². The van der Waals surface area contributed by atoms with Crippen LogP contribution in [0.2, 0.25) is 0 Å². The molecule has 0 spiro atoms. The highest BCUT2D eigenvalue weighted by atomic mass is 16.5. The average molecular weight is 203 g/mol. The number of hydrogen-bond donors (Lipinski definition) is 2. The predicted molar refractivity (Wildman–Crippen MR) is 54.1 cm³/mol. The first-order chi connectivity index (χ1) is 6.77. The Hall–Kier alpha value is -0.160. The monoisotopic (exact) mass is 203 g/mol. The van der Waals surface area contributed by atoms with E-state index in [4.69, 9.17) is 20.3 Å². The van der Waals surface area contributed by atoms with Gasteiger partial charge in [-0.15, -0.1) is 0 Å². The van der Waals surface area contributed by atoms with Gasteiger partial charge in [0.15, 0.2) is 0 Å². The Bertz CT molecular complexity index is 146. The fourth-order valence-electron chi connectivity index (χ4n) is 1.78. The van der Waals surface area contributed by atoms with Crippen LogP contribution >= 0.6 is 0 Å². The molecule has 0 aromatic rings. The molecule has 0 aromatic carbocycles. The molecule has 1 fully saturated rings. The molecule has 1 aliphatic carbocycles. The van der Waals surface area contributed by atoms with E-state index in [1.165, 1.54) is 12.8 Å². The van der Waals surface area contributed by atoms with Crippen LogP contribution in [0.3, 0.4) is 0 Å². The zero-order valence-corrected chi connectivity index (χ0v) is 8.71. The number of aliphatic hydroxyl groups is 1. The molecule has 1 rings (SSSR count). The smallest absolute Gasteiger partial charge is 0.0701 e. The molecule has 0 unspecified atom stereocenters. The summed E-state index contributed by atoms with van der Waals surface area (Å²) in [5.74, 6) is 0. The molecule has 0 atom stereocenters. The van der Waals surface area contributed by atoms with Gasteiger partial charge < -0.3 is 20.3 Å². The summed E-state index contributed by atoms with van der Waals surface area (Å²) in [6.07, 6.45) is 4.59. The Morgan fingerprint density at radius 3 is 2.36 bits per heavy atom. The fraction of sp³-hybridized carbons (Fsp3) is 1.00. The first-order valence-corrected chi connectivity index (χ1v) is 5.32. The molecule has 4 nitrogen and oxygen atoms in total. The lowest BCUT2D eigenvalue weighted by molar-refractivity contribution is 0.0177. The lowest BCUT2D eigenvalue weighted by atomic mass is 10.0. The second kappa shape index (κ2) is 6.35. The highest BCUT2D eigenvalue weighted by Gasteiger charge is 2.29. The van der Waals surface area contributed by atoms with E-state index >= 15 is 0 Å². The van der Waals surface area contributed by atoms with Gasteiger partial charge in [0, 0.05) is 5.54 Å². The predicted octanol–water partition coefficient (Wildman–Crippen LogP) is 0.283. The van der Waals surface area contributed by atoms with E-state index in [0.29, 0.717) is 26.4 Å².